The zero-order valence-electron chi connectivity index (χ0n) is 17.2. The molecule has 1 aromatic heterocycles. The van der Waals surface area contributed by atoms with Gasteiger partial charge in [-0.1, -0.05) is 19.9 Å². The van der Waals surface area contributed by atoms with E-state index in [1.165, 1.54) is 19.6 Å². The Kier molecular flexibility index (Phi) is 4.48. The molecule has 2 saturated carbocycles. The van der Waals surface area contributed by atoms with Crippen LogP contribution < -0.4 is 0 Å². The third-order valence-electron chi connectivity index (χ3n) is 8.10. The van der Waals surface area contributed by atoms with Crippen molar-refractivity contribution in [2.75, 3.05) is 7.11 Å². The van der Waals surface area contributed by atoms with Crippen LogP contribution in [0.25, 0.3) is 0 Å². The molecule has 1 aromatic rings. The smallest absolute Gasteiger partial charge is 0.316 e. The van der Waals surface area contributed by atoms with Crippen LogP contribution >= 0.6 is 0 Å². The van der Waals surface area contributed by atoms with E-state index in [-0.39, 0.29) is 34.8 Å². The fourth-order valence-corrected chi connectivity index (χ4v) is 6.41. The number of furan rings is 1. The van der Waals surface area contributed by atoms with Gasteiger partial charge in [-0.05, 0) is 66.6 Å². The fraction of sp³-hybridized carbons (Fsp3) is 0.652. The third kappa shape index (κ3) is 2.58. The van der Waals surface area contributed by atoms with Crippen LogP contribution in [0.5, 0.6) is 0 Å². The minimum Gasteiger partial charge on any atom is -0.472 e. The highest BCUT2D eigenvalue weighted by Gasteiger charge is 2.79. The highest BCUT2D eigenvalue weighted by atomic mass is 16.5. The van der Waals surface area contributed by atoms with Crippen molar-refractivity contribution in [2.24, 2.45) is 28.1 Å². The molecule has 0 radical (unpaired) electrons. The lowest BCUT2D eigenvalue weighted by Gasteiger charge is -2.55. The molecule has 3 aliphatic carbocycles. The molecule has 3 aliphatic rings. The van der Waals surface area contributed by atoms with Gasteiger partial charge in [0.2, 0.25) is 0 Å². The van der Waals surface area contributed by atoms with E-state index in [0.717, 1.165) is 32.1 Å². The predicted octanol–water partition coefficient (Wildman–Crippen LogP) is 4.32. The second-order valence-electron chi connectivity index (χ2n) is 9.28. The lowest BCUT2D eigenvalue weighted by Crippen LogP contribution is -2.54. The van der Waals surface area contributed by atoms with Gasteiger partial charge in [-0.2, -0.15) is 0 Å². The van der Waals surface area contributed by atoms with Gasteiger partial charge in [0.1, 0.15) is 6.10 Å². The number of rotatable bonds is 5. The molecule has 1 heterocycles. The van der Waals surface area contributed by atoms with Crippen molar-refractivity contribution in [3.8, 4) is 0 Å². The van der Waals surface area contributed by atoms with Crippen molar-refractivity contribution >= 4 is 11.9 Å². The van der Waals surface area contributed by atoms with E-state index >= 15 is 0 Å². The van der Waals surface area contributed by atoms with Crippen molar-refractivity contribution in [3.63, 3.8) is 0 Å². The Hall–Kier alpha value is -2.04. The maximum Gasteiger partial charge on any atom is 0.316 e. The van der Waals surface area contributed by atoms with E-state index < -0.39 is 5.41 Å². The molecule has 0 unspecified atom stereocenters. The molecule has 152 valence electrons. The van der Waals surface area contributed by atoms with Gasteiger partial charge >= 0.3 is 11.9 Å². The monoisotopic (exact) mass is 386 g/mol. The molecule has 0 N–H and O–H groups in total. The SMILES string of the molecule is COC(=O)[C@@]12C=C[C@H](OC(C)=O)[C@@H]3[C@@](C)(CCc4ccoc4)[C@H](C)CC[C@]31C2. The average molecular weight is 386 g/mol. The lowest BCUT2D eigenvalue weighted by molar-refractivity contribution is -0.163. The second-order valence-corrected chi connectivity index (χ2v) is 9.28. The van der Waals surface area contributed by atoms with E-state index in [1.807, 2.05) is 18.2 Å². The number of ether oxygens (including phenoxy) is 2. The first-order valence-electron chi connectivity index (χ1n) is 10.3. The van der Waals surface area contributed by atoms with Crippen LogP contribution in [0.1, 0.15) is 52.0 Å². The molecule has 1 spiro atoms. The summed E-state index contributed by atoms with van der Waals surface area (Å²) in [5.74, 6) is 0.146. The Bertz CT molecular complexity index is 796. The maximum absolute atomic E-state index is 12.8. The van der Waals surface area contributed by atoms with Crippen LogP contribution in [0.15, 0.2) is 35.2 Å². The van der Waals surface area contributed by atoms with Crippen molar-refractivity contribution in [3.05, 3.63) is 36.3 Å². The van der Waals surface area contributed by atoms with Crippen molar-refractivity contribution in [1.29, 1.82) is 0 Å². The van der Waals surface area contributed by atoms with Gasteiger partial charge in [-0.3, -0.25) is 9.59 Å². The van der Waals surface area contributed by atoms with Gasteiger partial charge < -0.3 is 13.9 Å². The first kappa shape index (κ1) is 19.3. The summed E-state index contributed by atoms with van der Waals surface area (Å²) >= 11 is 0. The molecule has 5 heteroatoms. The van der Waals surface area contributed by atoms with Crippen LogP contribution in [0.2, 0.25) is 0 Å². The summed E-state index contributed by atoms with van der Waals surface area (Å²) < 4.78 is 16.2. The number of esters is 2. The van der Waals surface area contributed by atoms with E-state index in [0.29, 0.717) is 5.92 Å². The summed E-state index contributed by atoms with van der Waals surface area (Å²) in [5, 5.41) is 0. The molecule has 0 amide bonds. The summed E-state index contributed by atoms with van der Waals surface area (Å²) in [5.41, 5.74) is 0.390. The fourth-order valence-electron chi connectivity index (χ4n) is 6.41. The quantitative estimate of drug-likeness (QED) is 0.557. The Labute approximate surface area is 166 Å². The molecule has 0 aliphatic heterocycles. The van der Waals surface area contributed by atoms with E-state index in [9.17, 15) is 9.59 Å². The highest BCUT2D eigenvalue weighted by molar-refractivity contribution is 5.85. The van der Waals surface area contributed by atoms with Gasteiger partial charge in [0, 0.05) is 12.8 Å². The molecule has 5 nitrogen and oxygen atoms in total. The summed E-state index contributed by atoms with van der Waals surface area (Å²) in [4.78, 5) is 24.6. The molecule has 2 fully saturated rings. The van der Waals surface area contributed by atoms with E-state index in [1.54, 1.807) is 12.5 Å². The third-order valence-corrected chi connectivity index (χ3v) is 8.10. The van der Waals surface area contributed by atoms with E-state index in [2.05, 4.69) is 13.8 Å². The Morgan fingerprint density at radius 3 is 2.79 bits per heavy atom. The zero-order chi connectivity index (χ0) is 20.2. The second kappa shape index (κ2) is 6.50. The summed E-state index contributed by atoms with van der Waals surface area (Å²) in [6.45, 7) is 6.08. The van der Waals surface area contributed by atoms with Gasteiger partial charge in [-0.25, -0.2) is 0 Å². The summed E-state index contributed by atoms with van der Waals surface area (Å²) in [6.07, 6.45) is 11.8. The minimum absolute atomic E-state index is 0.0594. The lowest BCUT2D eigenvalue weighted by atomic mass is 9.50. The summed E-state index contributed by atoms with van der Waals surface area (Å²) in [7, 11) is 1.47. The van der Waals surface area contributed by atoms with Gasteiger partial charge in [0.15, 0.2) is 0 Å². The van der Waals surface area contributed by atoms with Crippen LogP contribution in [0, 0.1) is 28.1 Å². The van der Waals surface area contributed by atoms with Gasteiger partial charge in [-0.15, -0.1) is 0 Å². The predicted molar refractivity (Wildman–Crippen MR) is 103 cm³/mol. The topological polar surface area (TPSA) is 65.7 Å². The molecule has 0 bridgehead atoms. The van der Waals surface area contributed by atoms with Crippen LogP contribution in [0.4, 0.5) is 0 Å². The van der Waals surface area contributed by atoms with Crippen molar-refractivity contribution in [1.82, 2.24) is 0 Å². The minimum atomic E-state index is -0.555. The van der Waals surface area contributed by atoms with Gasteiger partial charge in [0.05, 0.1) is 25.1 Å². The Morgan fingerprint density at radius 1 is 1.36 bits per heavy atom. The molecule has 4 rings (SSSR count). The Balaban J connectivity index is 1.73. The van der Waals surface area contributed by atoms with E-state index in [4.69, 9.17) is 13.9 Å². The first-order chi connectivity index (χ1) is 13.3. The number of hydrogen-bond donors (Lipinski definition) is 0. The zero-order valence-corrected chi connectivity index (χ0v) is 17.2. The number of aryl methyl sites for hydroxylation is 1. The number of carbonyl (C=O) groups excluding carboxylic acids is 2. The molecular formula is C23H30O5. The molecule has 28 heavy (non-hydrogen) atoms. The number of methoxy groups -OCH3 is 1. The first-order valence-corrected chi connectivity index (χ1v) is 10.3. The normalized spacial score (nSPS) is 40.9. The summed E-state index contributed by atoms with van der Waals surface area (Å²) in [6, 6.07) is 2.01. The standard InChI is InChI=1S/C23H30O5/c1-15-5-10-22-14-23(22,20(25)26-4)11-7-18(28-16(2)24)19(22)21(15,3)9-6-17-8-12-27-13-17/h7-8,11-13,15,18-19H,5-6,9-10,14H2,1-4H3/t15-,18+,19-,21+,22+,23+/m1/s1. The highest BCUT2D eigenvalue weighted by Crippen LogP contribution is 2.79. The maximum atomic E-state index is 12.8. The Morgan fingerprint density at radius 2 is 2.14 bits per heavy atom. The van der Waals surface area contributed by atoms with Crippen molar-refractivity contribution < 1.29 is 23.5 Å². The number of hydrogen-bond acceptors (Lipinski definition) is 5. The average Bonchev–Trinajstić information content (AvgIpc) is 3.04. The molecular weight excluding hydrogens is 356 g/mol. The van der Waals surface area contributed by atoms with Gasteiger partial charge in [0.25, 0.3) is 0 Å². The molecule has 0 aromatic carbocycles. The molecule has 0 saturated heterocycles. The number of carbonyl (C=O) groups is 2. The van der Waals surface area contributed by atoms with Crippen LogP contribution in [0.3, 0.4) is 0 Å². The van der Waals surface area contributed by atoms with Crippen molar-refractivity contribution in [2.45, 2.75) is 59.0 Å². The largest absolute Gasteiger partial charge is 0.472 e. The van der Waals surface area contributed by atoms with Crippen LogP contribution in [-0.2, 0) is 25.5 Å². The van der Waals surface area contributed by atoms with Crippen LogP contribution in [-0.4, -0.2) is 25.2 Å². The molecule has 6 atom stereocenters.